The van der Waals surface area contributed by atoms with Crippen LogP contribution < -0.4 is 20.9 Å². The summed E-state index contributed by atoms with van der Waals surface area (Å²) >= 11 is 4.08. The number of nitrogens with two attached hydrogens (primary N) is 1. The molecule has 3 rings (SSSR count). The lowest BCUT2D eigenvalue weighted by atomic mass is 10.0. The highest BCUT2D eigenvalue weighted by Gasteiger charge is 2.29. The molecule has 0 bridgehead atoms. The fourth-order valence-electron chi connectivity index (χ4n) is 3.95. The van der Waals surface area contributed by atoms with E-state index in [9.17, 15) is 24.6 Å². The Hall–Kier alpha value is -3.83. The number of phenols is 1. The molecule has 0 aliphatic carbocycles. The van der Waals surface area contributed by atoms with Crippen LogP contribution in [0.25, 0.3) is 5.70 Å². The van der Waals surface area contributed by atoms with E-state index in [2.05, 4.69) is 22.9 Å². The van der Waals surface area contributed by atoms with Crippen molar-refractivity contribution in [2.45, 2.75) is 25.9 Å². The topological polar surface area (TPSA) is 149 Å². The predicted octanol–water partition coefficient (Wildman–Crippen LogP) is 2.07. The Bertz CT molecular complexity index is 1250. The molecule has 0 radical (unpaired) electrons. The number of anilines is 2. The monoisotopic (exact) mass is 525 g/mol. The van der Waals surface area contributed by atoms with Gasteiger partial charge in [-0.2, -0.15) is 12.6 Å². The molecule has 5 N–H and O–H groups in total. The van der Waals surface area contributed by atoms with Crippen LogP contribution in [0.15, 0.2) is 53.7 Å². The van der Waals surface area contributed by atoms with Gasteiger partial charge in [-0.1, -0.05) is 38.1 Å². The molecule has 1 aliphatic rings. The number of hydrogen-bond acceptors (Lipinski definition) is 8. The number of carbonyl (C=O) groups excluding carboxylic acids is 2. The zero-order chi connectivity index (χ0) is 27.3. The van der Waals surface area contributed by atoms with Crippen molar-refractivity contribution in [1.82, 2.24) is 5.32 Å². The number of para-hydroxylation sites is 2. The first kappa shape index (κ1) is 27.8. The van der Waals surface area contributed by atoms with E-state index < -0.39 is 29.9 Å². The van der Waals surface area contributed by atoms with Crippen molar-refractivity contribution in [3.05, 3.63) is 59.8 Å². The first-order chi connectivity index (χ1) is 17.6. The molecule has 1 heterocycles. The van der Waals surface area contributed by atoms with Gasteiger partial charge in [0.15, 0.2) is 0 Å². The maximum atomic E-state index is 13.1. The average molecular weight is 526 g/mol. The van der Waals surface area contributed by atoms with E-state index in [0.717, 1.165) is 5.56 Å². The number of nitrogens with zero attached hydrogens (tertiary/aromatic N) is 3. The Morgan fingerprint density at radius 2 is 1.86 bits per heavy atom. The number of thiol groups is 1. The molecule has 1 unspecified atom stereocenters. The lowest BCUT2D eigenvalue weighted by Crippen LogP contribution is -2.48. The fraction of sp³-hybridized carbons (Fsp3) is 0.308. The van der Waals surface area contributed by atoms with Gasteiger partial charge in [-0.3, -0.25) is 14.6 Å². The van der Waals surface area contributed by atoms with Gasteiger partial charge in [0, 0.05) is 30.1 Å². The van der Waals surface area contributed by atoms with Crippen molar-refractivity contribution < 1.29 is 24.6 Å². The summed E-state index contributed by atoms with van der Waals surface area (Å²) in [7, 11) is 1.50. The number of hydrogen-bond donors (Lipinski definition) is 5. The molecule has 2 aromatic rings. The number of carboxylic acids is 1. The Morgan fingerprint density at radius 1 is 1.16 bits per heavy atom. The number of rotatable bonds is 9. The zero-order valence-corrected chi connectivity index (χ0v) is 21.7. The predicted molar refractivity (Wildman–Crippen MR) is 147 cm³/mol. The van der Waals surface area contributed by atoms with Gasteiger partial charge in [-0.25, -0.2) is 4.79 Å². The number of aromatic hydroxyl groups is 1. The van der Waals surface area contributed by atoms with Crippen molar-refractivity contribution in [1.29, 1.82) is 0 Å². The lowest BCUT2D eigenvalue weighted by Gasteiger charge is -2.29. The highest BCUT2D eigenvalue weighted by molar-refractivity contribution is 7.80. The van der Waals surface area contributed by atoms with E-state index in [1.54, 1.807) is 55.3 Å². The van der Waals surface area contributed by atoms with Crippen LogP contribution in [0.2, 0.25) is 0 Å². The third kappa shape index (κ3) is 6.12. The van der Waals surface area contributed by atoms with Gasteiger partial charge in [0.25, 0.3) is 0 Å². The second-order valence-electron chi connectivity index (χ2n) is 8.92. The maximum Gasteiger partial charge on any atom is 0.326 e. The van der Waals surface area contributed by atoms with E-state index in [0.29, 0.717) is 16.9 Å². The number of carboxylic acid groups (broad SMARTS) is 1. The summed E-state index contributed by atoms with van der Waals surface area (Å²) in [5, 5.41) is 23.3. The Labute approximate surface area is 220 Å². The van der Waals surface area contributed by atoms with Crippen LogP contribution in [0, 0.1) is 5.92 Å². The number of amides is 2. The lowest BCUT2D eigenvalue weighted by molar-refractivity contribution is -0.142. The number of likely N-dealkylation sites (N-methyl/N-ethyl adjacent to an activating group) is 1. The van der Waals surface area contributed by atoms with E-state index in [1.165, 1.54) is 18.1 Å². The fourth-order valence-corrected chi connectivity index (χ4v) is 4.10. The van der Waals surface area contributed by atoms with Gasteiger partial charge in [0.05, 0.1) is 29.3 Å². The third-order valence-electron chi connectivity index (χ3n) is 5.98. The molecule has 2 amide bonds. The molecule has 2 aromatic carbocycles. The van der Waals surface area contributed by atoms with Gasteiger partial charge < -0.3 is 31.1 Å². The molecule has 10 nitrogen and oxygen atoms in total. The van der Waals surface area contributed by atoms with Crippen LogP contribution in [0.1, 0.15) is 25.0 Å². The molecule has 37 heavy (non-hydrogen) atoms. The quantitative estimate of drug-likeness (QED) is 0.315. The number of phenolic OH excluding ortho intramolecular Hbond substituents is 1. The van der Waals surface area contributed by atoms with Gasteiger partial charge in [0.1, 0.15) is 18.3 Å². The number of fused-ring (bicyclic) bond motifs is 1. The Balaban J connectivity index is 2.05. The number of benzene rings is 2. The average Bonchev–Trinajstić information content (AvgIpc) is 3.05. The molecule has 2 atom stereocenters. The van der Waals surface area contributed by atoms with Crippen molar-refractivity contribution in [3.63, 3.8) is 0 Å². The molecule has 11 heteroatoms. The molecular formula is C26H31N5O5S. The third-order valence-corrected chi connectivity index (χ3v) is 6.37. The molecule has 0 saturated heterocycles. The van der Waals surface area contributed by atoms with E-state index in [4.69, 9.17) is 5.73 Å². The van der Waals surface area contributed by atoms with E-state index >= 15 is 0 Å². The maximum absolute atomic E-state index is 13.1. The minimum atomic E-state index is -1.13. The summed E-state index contributed by atoms with van der Waals surface area (Å²) in [6, 6.07) is 10.2. The second-order valence-corrected chi connectivity index (χ2v) is 9.29. The summed E-state index contributed by atoms with van der Waals surface area (Å²) in [5.74, 6) is -2.47. The Kier molecular flexibility index (Phi) is 8.95. The molecule has 0 fully saturated rings. The van der Waals surface area contributed by atoms with Crippen molar-refractivity contribution >= 4 is 53.7 Å². The van der Waals surface area contributed by atoms with Crippen molar-refractivity contribution in [2.24, 2.45) is 16.6 Å². The first-order valence-electron chi connectivity index (χ1n) is 11.6. The first-order valence-corrected chi connectivity index (χ1v) is 12.3. The van der Waals surface area contributed by atoms with Gasteiger partial charge in [0.2, 0.25) is 11.8 Å². The van der Waals surface area contributed by atoms with Crippen LogP contribution in [-0.2, 0) is 14.4 Å². The van der Waals surface area contributed by atoms with E-state index in [1.807, 2.05) is 12.1 Å². The SMILES string of the molecule is CC(C)[C@H](NC(=O)CN1C(c2cccc(N(C)C(=O)C(N)CS)c2O)=CN=Cc2ccccc21)C(=O)O. The molecular weight excluding hydrogens is 494 g/mol. The summed E-state index contributed by atoms with van der Waals surface area (Å²) in [5.41, 5.74) is 8.12. The van der Waals surface area contributed by atoms with Crippen LogP contribution in [-0.4, -0.2) is 65.6 Å². The van der Waals surface area contributed by atoms with E-state index in [-0.39, 0.29) is 29.7 Å². The zero-order valence-electron chi connectivity index (χ0n) is 20.8. The van der Waals surface area contributed by atoms with Gasteiger partial charge in [-0.15, -0.1) is 0 Å². The standard InChI is InChI=1S/C26H31N5O5S/c1-15(2)23(26(35)36)29-22(32)13-31-19-9-5-4-7-16(19)11-28-12-21(31)17-8-6-10-20(24(17)33)30(3)25(34)18(27)14-37/h4-12,15,18,23,33,37H,13-14,27H2,1-3H3,(H,29,32)(H,35,36)/t18?,23-/m0/s1. The molecule has 1 aliphatic heterocycles. The minimum Gasteiger partial charge on any atom is -0.505 e. The second kappa shape index (κ2) is 11.9. The van der Waals surface area contributed by atoms with Crippen LogP contribution >= 0.6 is 12.6 Å². The molecule has 196 valence electrons. The molecule has 0 aromatic heterocycles. The van der Waals surface area contributed by atoms with Gasteiger partial charge >= 0.3 is 5.97 Å². The van der Waals surface area contributed by atoms with Crippen LogP contribution in [0.5, 0.6) is 5.75 Å². The number of carbonyl (C=O) groups is 3. The molecule has 0 spiro atoms. The smallest absolute Gasteiger partial charge is 0.326 e. The summed E-state index contributed by atoms with van der Waals surface area (Å²) in [6.45, 7) is 3.17. The van der Waals surface area contributed by atoms with Crippen molar-refractivity contribution in [2.75, 3.05) is 29.1 Å². The van der Waals surface area contributed by atoms with Gasteiger partial charge in [-0.05, 0) is 24.1 Å². The Morgan fingerprint density at radius 3 is 2.51 bits per heavy atom. The van der Waals surface area contributed by atoms with Crippen molar-refractivity contribution in [3.8, 4) is 5.75 Å². The number of aliphatic carboxylic acids is 1. The number of nitrogens with one attached hydrogen (secondary N) is 1. The number of aliphatic imine (C=N–C) groups is 1. The minimum absolute atomic E-state index is 0.136. The summed E-state index contributed by atoms with van der Waals surface area (Å²) < 4.78 is 0. The largest absolute Gasteiger partial charge is 0.505 e. The highest BCUT2D eigenvalue weighted by atomic mass is 32.1. The molecule has 0 saturated carbocycles. The van der Waals surface area contributed by atoms with Crippen LogP contribution in [0.3, 0.4) is 0 Å². The summed E-state index contributed by atoms with van der Waals surface area (Å²) in [4.78, 5) is 44.6. The summed E-state index contributed by atoms with van der Waals surface area (Å²) in [6.07, 6.45) is 3.13. The highest BCUT2D eigenvalue weighted by Crippen LogP contribution is 2.39. The van der Waals surface area contributed by atoms with Crippen LogP contribution in [0.4, 0.5) is 11.4 Å². The normalized spacial score (nSPS) is 14.3.